The van der Waals surface area contributed by atoms with E-state index in [1.165, 1.54) is 0 Å². The minimum atomic E-state index is -2.92. The highest BCUT2D eigenvalue weighted by atomic mass is 32.2. The summed E-state index contributed by atoms with van der Waals surface area (Å²) in [5, 5.41) is 2.85. The first-order chi connectivity index (χ1) is 10.9. The number of rotatable bonds is 7. The molecule has 1 saturated heterocycles. The third-order valence-electron chi connectivity index (χ3n) is 3.98. The van der Waals surface area contributed by atoms with Gasteiger partial charge in [-0.05, 0) is 36.5 Å². The SMILES string of the molecule is COc1ccc(CCNC(=O)C[C@H]2CCS(=O)(=O)C2)cc1OC. The average Bonchev–Trinajstić information content (AvgIpc) is 2.85. The summed E-state index contributed by atoms with van der Waals surface area (Å²) in [5.41, 5.74) is 1.03. The average molecular weight is 341 g/mol. The number of amides is 1. The predicted molar refractivity (Wildman–Crippen MR) is 87.6 cm³/mol. The molecule has 0 saturated carbocycles. The van der Waals surface area contributed by atoms with Crippen LogP contribution in [0.5, 0.6) is 11.5 Å². The zero-order valence-electron chi connectivity index (χ0n) is 13.5. The molecule has 1 aromatic carbocycles. The van der Waals surface area contributed by atoms with Crippen molar-refractivity contribution in [1.82, 2.24) is 5.32 Å². The van der Waals surface area contributed by atoms with Gasteiger partial charge in [-0.15, -0.1) is 0 Å². The molecule has 1 fully saturated rings. The highest BCUT2D eigenvalue weighted by Crippen LogP contribution is 2.27. The molecule has 1 N–H and O–H groups in total. The molecule has 0 aromatic heterocycles. The molecule has 2 rings (SSSR count). The highest BCUT2D eigenvalue weighted by Gasteiger charge is 2.29. The van der Waals surface area contributed by atoms with E-state index >= 15 is 0 Å². The van der Waals surface area contributed by atoms with Crippen LogP contribution in [-0.4, -0.2) is 46.6 Å². The summed E-state index contributed by atoms with van der Waals surface area (Å²) in [5.74, 6) is 1.54. The first-order valence-electron chi connectivity index (χ1n) is 7.61. The second-order valence-corrected chi connectivity index (χ2v) is 7.99. The van der Waals surface area contributed by atoms with Crippen molar-refractivity contribution in [2.75, 3.05) is 32.3 Å². The Hall–Kier alpha value is -1.76. The van der Waals surface area contributed by atoms with Gasteiger partial charge < -0.3 is 14.8 Å². The maximum Gasteiger partial charge on any atom is 0.220 e. The van der Waals surface area contributed by atoms with Gasteiger partial charge in [0, 0.05) is 13.0 Å². The molecule has 1 aliphatic rings. The summed E-state index contributed by atoms with van der Waals surface area (Å²) in [7, 11) is 0.242. The van der Waals surface area contributed by atoms with Crippen LogP contribution in [0.25, 0.3) is 0 Å². The largest absolute Gasteiger partial charge is 0.493 e. The number of hydrogen-bond donors (Lipinski definition) is 1. The van der Waals surface area contributed by atoms with Crippen molar-refractivity contribution in [3.63, 3.8) is 0 Å². The minimum absolute atomic E-state index is 0.0407. The van der Waals surface area contributed by atoms with Gasteiger partial charge >= 0.3 is 0 Å². The molecule has 1 amide bonds. The molecule has 0 bridgehead atoms. The molecule has 0 radical (unpaired) electrons. The van der Waals surface area contributed by atoms with E-state index in [1.807, 2.05) is 18.2 Å². The van der Waals surface area contributed by atoms with Crippen LogP contribution in [0, 0.1) is 5.92 Å². The smallest absolute Gasteiger partial charge is 0.220 e. The third kappa shape index (κ3) is 5.13. The molecule has 6 nitrogen and oxygen atoms in total. The van der Waals surface area contributed by atoms with Crippen LogP contribution in [-0.2, 0) is 21.1 Å². The standard InChI is InChI=1S/C16H23NO5S/c1-21-14-4-3-12(9-15(14)22-2)5-7-17-16(18)10-13-6-8-23(19,20)11-13/h3-4,9,13H,5-8,10-11H2,1-2H3,(H,17,18)/t13-/m1/s1. The number of benzene rings is 1. The summed E-state index contributed by atoms with van der Waals surface area (Å²) in [6.45, 7) is 0.508. The van der Waals surface area contributed by atoms with Crippen LogP contribution < -0.4 is 14.8 Å². The van der Waals surface area contributed by atoms with E-state index in [0.29, 0.717) is 30.9 Å². The zero-order valence-corrected chi connectivity index (χ0v) is 14.3. The van der Waals surface area contributed by atoms with Crippen molar-refractivity contribution in [3.8, 4) is 11.5 Å². The van der Waals surface area contributed by atoms with Crippen molar-refractivity contribution in [3.05, 3.63) is 23.8 Å². The lowest BCUT2D eigenvalue weighted by atomic mass is 10.0. The van der Waals surface area contributed by atoms with Gasteiger partial charge in [0.15, 0.2) is 21.3 Å². The van der Waals surface area contributed by atoms with Gasteiger partial charge in [0.05, 0.1) is 25.7 Å². The fourth-order valence-corrected chi connectivity index (χ4v) is 4.61. The number of carbonyl (C=O) groups is 1. The van der Waals surface area contributed by atoms with E-state index in [4.69, 9.17) is 9.47 Å². The molecule has 7 heteroatoms. The molecule has 0 spiro atoms. The van der Waals surface area contributed by atoms with Gasteiger partial charge in [0.1, 0.15) is 0 Å². The quantitative estimate of drug-likeness (QED) is 0.805. The van der Waals surface area contributed by atoms with E-state index in [0.717, 1.165) is 5.56 Å². The molecule has 1 aromatic rings. The van der Waals surface area contributed by atoms with E-state index in [2.05, 4.69) is 5.32 Å². The van der Waals surface area contributed by atoms with Crippen molar-refractivity contribution < 1.29 is 22.7 Å². The van der Waals surface area contributed by atoms with Crippen molar-refractivity contribution in [2.24, 2.45) is 5.92 Å². The van der Waals surface area contributed by atoms with Crippen molar-refractivity contribution in [1.29, 1.82) is 0 Å². The highest BCUT2D eigenvalue weighted by molar-refractivity contribution is 7.91. The van der Waals surface area contributed by atoms with Crippen molar-refractivity contribution in [2.45, 2.75) is 19.3 Å². The monoisotopic (exact) mass is 341 g/mol. The summed E-state index contributed by atoms with van der Waals surface area (Å²) in [6, 6.07) is 5.64. The minimum Gasteiger partial charge on any atom is -0.493 e. The molecule has 128 valence electrons. The molecule has 0 unspecified atom stereocenters. The van der Waals surface area contributed by atoms with Gasteiger partial charge in [-0.3, -0.25) is 4.79 Å². The molecular weight excluding hydrogens is 318 g/mol. The van der Waals surface area contributed by atoms with Crippen LogP contribution in [0.15, 0.2) is 18.2 Å². The topological polar surface area (TPSA) is 81.7 Å². The fraction of sp³-hybridized carbons (Fsp3) is 0.562. The van der Waals surface area contributed by atoms with Gasteiger partial charge in [-0.1, -0.05) is 6.07 Å². The maximum atomic E-state index is 11.9. The Kier molecular flexibility index (Phi) is 5.87. The maximum absolute atomic E-state index is 11.9. The summed E-state index contributed by atoms with van der Waals surface area (Å²) in [6.07, 6.45) is 1.55. The molecule has 1 heterocycles. The van der Waals surface area contributed by atoms with Gasteiger partial charge in [0.25, 0.3) is 0 Å². The lowest BCUT2D eigenvalue weighted by Gasteiger charge is -2.11. The van der Waals surface area contributed by atoms with Crippen LogP contribution >= 0.6 is 0 Å². The second-order valence-electron chi connectivity index (χ2n) is 5.76. The Balaban J connectivity index is 1.77. The number of sulfone groups is 1. The van der Waals surface area contributed by atoms with E-state index in [9.17, 15) is 13.2 Å². The first-order valence-corrected chi connectivity index (χ1v) is 9.43. The predicted octanol–water partition coefficient (Wildman–Crippen LogP) is 1.19. The van der Waals surface area contributed by atoms with Crippen LogP contribution in [0.2, 0.25) is 0 Å². The Bertz CT molecular complexity index is 656. The third-order valence-corrected chi connectivity index (χ3v) is 5.82. The Morgan fingerprint density at radius 1 is 1.26 bits per heavy atom. The van der Waals surface area contributed by atoms with Gasteiger partial charge in [-0.2, -0.15) is 0 Å². The summed E-state index contributed by atoms with van der Waals surface area (Å²) < 4.78 is 33.2. The van der Waals surface area contributed by atoms with Crippen LogP contribution in [0.3, 0.4) is 0 Å². The summed E-state index contributed by atoms with van der Waals surface area (Å²) in [4.78, 5) is 11.9. The molecule has 0 aliphatic carbocycles. The Morgan fingerprint density at radius 3 is 2.61 bits per heavy atom. The lowest BCUT2D eigenvalue weighted by Crippen LogP contribution is -2.27. The molecule has 23 heavy (non-hydrogen) atoms. The van der Waals surface area contributed by atoms with Crippen LogP contribution in [0.4, 0.5) is 0 Å². The fourth-order valence-electron chi connectivity index (χ4n) is 2.75. The summed E-state index contributed by atoms with van der Waals surface area (Å²) >= 11 is 0. The van der Waals surface area contributed by atoms with E-state index in [1.54, 1.807) is 14.2 Å². The molecule has 1 aliphatic heterocycles. The Labute approximate surface area is 137 Å². The lowest BCUT2D eigenvalue weighted by molar-refractivity contribution is -0.121. The zero-order chi connectivity index (χ0) is 16.9. The van der Waals surface area contributed by atoms with Gasteiger partial charge in [-0.25, -0.2) is 8.42 Å². The molecule has 1 atom stereocenters. The number of nitrogens with one attached hydrogen (secondary N) is 1. The van der Waals surface area contributed by atoms with Gasteiger partial charge in [0.2, 0.25) is 5.91 Å². The van der Waals surface area contributed by atoms with E-state index in [-0.39, 0.29) is 29.8 Å². The van der Waals surface area contributed by atoms with Crippen molar-refractivity contribution >= 4 is 15.7 Å². The van der Waals surface area contributed by atoms with E-state index < -0.39 is 9.84 Å². The normalized spacial score (nSPS) is 19.3. The van der Waals surface area contributed by atoms with Crippen LogP contribution in [0.1, 0.15) is 18.4 Å². The number of hydrogen-bond acceptors (Lipinski definition) is 5. The second kappa shape index (κ2) is 7.68. The first kappa shape index (κ1) is 17.6. The Morgan fingerprint density at radius 2 is 2.00 bits per heavy atom. The number of carbonyl (C=O) groups excluding carboxylic acids is 1. The number of methoxy groups -OCH3 is 2. The number of ether oxygens (including phenoxy) is 2. The molecular formula is C16H23NO5S.